The van der Waals surface area contributed by atoms with Crippen LogP contribution in [0.5, 0.6) is 0 Å². The van der Waals surface area contributed by atoms with Gasteiger partial charge in [0.25, 0.3) is 0 Å². The van der Waals surface area contributed by atoms with E-state index in [1.807, 2.05) is 7.05 Å². The van der Waals surface area contributed by atoms with E-state index in [1.54, 1.807) is 5.56 Å². The van der Waals surface area contributed by atoms with Gasteiger partial charge in [-0.3, -0.25) is 0 Å². The second kappa shape index (κ2) is 6.24. The lowest BCUT2D eigenvalue weighted by Crippen LogP contribution is -2.22. The zero-order chi connectivity index (χ0) is 13.0. The molecule has 18 heavy (non-hydrogen) atoms. The monoisotopic (exact) mass is 246 g/mol. The highest BCUT2D eigenvalue weighted by molar-refractivity contribution is 5.61. The predicted molar refractivity (Wildman–Crippen MR) is 79.4 cm³/mol. The summed E-state index contributed by atoms with van der Waals surface area (Å²) in [5.74, 6) is 0.744. The Labute approximate surface area is 111 Å². The lowest BCUT2D eigenvalue weighted by atomic mass is 9.95. The average Bonchev–Trinajstić information content (AvgIpc) is 2.69. The first-order valence-electron chi connectivity index (χ1n) is 7.32. The number of anilines is 1. The van der Waals surface area contributed by atoms with Gasteiger partial charge in [-0.25, -0.2) is 0 Å². The molecule has 2 heteroatoms. The van der Waals surface area contributed by atoms with Gasteiger partial charge in [-0.15, -0.1) is 0 Å². The smallest absolute Gasteiger partial charge is 0.0402 e. The summed E-state index contributed by atoms with van der Waals surface area (Å²) in [7, 11) is 2.01. The zero-order valence-corrected chi connectivity index (χ0v) is 12.0. The lowest BCUT2D eigenvalue weighted by molar-refractivity contribution is 0.623. The van der Waals surface area contributed by atoms with Crippen LogP contribution in [-0.4, -0.2) is 20.1 Å². The first kappa shape index (κ1) is 13.4. The minimum Gasteiger partial charge on any atom is -0.371 e. The third kappa shape index (κ3) is 2.69. The molecule has 1 aromatic rings. The molecule has 1 aromatic carbocycles. The van der Waals surface area contributed by atoms with Crippen molar-refractivity contribution in [2.75, 3.05) is 25.0 Å². The number of nitrogens with zero attached hydrogens (tertiary/aromatic N) is 1. The van der Waals surface area contributed by atoms with Crippen molar-refractivity contribution in [1.82, 2.24) is 5.32 Å². The van der Waals surface area contributed by atoms with Crippen molar-refractivity contribution >= 4 is 5.69 Å². The standard InChI is InChI=1S/C16H26N2/c1-4-6-14-12-18(9-5-2)16-8-7-13(11-17-3)10-15(14)16/h7-8,10,14,17H,4-6,9,11-12H2,1-3H3. The molecule has 0 bridgehead atoms. The molecule has 2 rings (SSSR count). The summed E-state index contributed by atoms with van der Waals surface area (Å²) >= 11 is 0. The molecule has 0 aliphatic carbocycles. The Morgan fingerprint density at radius 2 is 2.11 bits per heavy atom. The molecule has 1 unspecified atom stereocenters. The molecule has 1 heterocycles. The molecule has 1 N–H and O–H groups in total. The minimum atomic E-state index is 0.744. The van der Waals surface area contributed by atoms with E-state index in [2.05, 4.69) is 42.3 Å². The van der Waals surface area contributed by atoms with Gasteiger partial charge in [-0.05, 0) is 37.1 Å². The molecular formula is C16H26N2. The first-order chi connectivity index (χ1) is 8.80. The molecule has 0 fully saturated rings. The predicted octanol–water partition coefficient (Wildman–Crippen LogP) is 3.52. The van der Waals surface area contributed by atoms with Crippen LogP contribution >= 0.6 is 0 Å². The van der Waals surface area contributed by atoms with Gasteiger partial charge in [0.15, 0.2) is 0 Å². The molecule has 0 spiro atoms. The molecule has 0 radical (unpaired) electrons. The van der Waals surface area contributed by atoms with Gasteiger partial charge in [0.1, 0.15) is 0 Å². The number of benzene rings is 1. The summed E-state index contributed by atoms with van der Waals surface area (Å²) in [6, 6.07) is 7.02. The first-order valence-corrected chi connectivity index (χ1v) is 7.32. The molecule has 100 valence electrons. The summed E-state index contributed by atoms with van der Waals surface area (Å²) in [6.07, 6.45) is 3.83. The number of hydrogen-bond donors (Lipinski definition) is 1. The van der Waals surface area contributed by atoms with E-state index in [1.165, 1.54) is 43.6 Å². The Bertz CT molecular complexity index is 387. The summed E-state index contributed by atoms with van der Waals surface area (Å²) in [5.41, 5.74) is 4.48. The summed E-state index contributed by atoms with van der Waals surface area (Å²) in [4.78, 5) is 2.57. The topological polar surface area (TPSA) is 15.3 Å². The van der Waals surface area contributed by atoms with Gasteiger partial charge in [0, 0.05) is 31.2 Å². The third-order valence-corrected chi connectivity index (χ3v) is 3.82. The van der Waals surface area contributed by atoms with Crippen LogP contribution < -0.4 is 10.2 Å². The highest BCUT2D eigenvalue weighted by Crippen LogP contribution is 2.39. The van der Waals surface area contributed by atoms with Crippen molar-refractivity contribution in [3.8, 4) is 0 Å². The van der Waals surface area contributed by atoms with Crippen LogP contribution in [0.4, 0.5) is 5.69 Å². The van der Waals surface area contributed by atoms with Crippen LogP contribution in [0.2, 0.25) is 0 Å². The molecule has 1 atom stereocenters. The van der Waals surface area contributed by atoms with E-state index in [4.69, 9.17) is 0 Å². The van der Waals surface area contributed by atoms with E-state index >= 15 is 0 Å². The Hall–Kier alpha value is -1.02. The maximum atomic E-state index is 3.24. The Balaban J connectivity index is 2.26. The normalized spacial score (nSPS) is 18.2. The summed E-state index contributed by atoms with van der Waals surface area (Å²) < 4.78 is 0. The van der Waals surface area contributed by atoms with Crippen molar-refractivity contribution in [2.45, 2.75) is 45.6 Å². The highest BCUT2D eigenvalue weighted by atomic mass is 15.1. The number of fused-ring (bicyclic) bond motifs is 1. The number of nitrogens with one attached hydrogen (secondary N) is 1. The second-order valence-electron chi connectivity index (χ2n) is 5.36. The maximum Gasteiger partial charge on any atom is 0.0402 e. The summed E-state index contributed by atoms with van der Waals surface area (Å²) in [6.45, 7) is 7.94. The van der Waals surface area contributed by atoms with Crippen LogP contribution in [0.25, 0.3) is 0 Å². The molecule has 1 aliphatic heterocycles. The molecule has 0 saturated carbocycles. The van der Waals surface area contributed by atoms with Gasteiger partial charge in [0.05, 0.1) is 0 Å². The number of rotatable bonds is 6. The maximum absolute atomic E-state index is 3.24. The van der Waals surface area contributed by atoms with Crippen LogP contribution in [-0.2, 0) is 6.54 Å². The van der Waals surface area contributed by atoms with E-state index in [0.29, 0.717) is 0 Å². The summed E-state index contributed by atoms with van der Waals surface area (Å²) in [5, 5.41) is 3.24. The van der Waals surface area contributed by atoms with Gasteiger partial charge in [0.2, 0.25) is 0 Å². The Morgan fingerprint density at radius 1 is 1.28 bits per heavy atom. The lowest BCUT2D eigenvalue weighted by Gasteiger charge is -2.18. The van der Waals surface area contributed by atoms with E-state index in [-0.39, 0.29) is 0 Å². The van der Waals surface area contributed by atoms with Gasteiger partial charge < -0.3 is 10.2 Å². The zero-order valence-electron chi connectivity index (χ0n) is 12.0. The van der Waals surface area contributed by atoms with Crippen molar-refractivity contribution in [1.29, 1.82) is 0 Å². The van der Waals surface area contributed by atoms with Crippen molar-refractivity contribution in [3.05, 3.63) is 29.3 Å². The second-order valence-corrected chi connectivity index (χ2v) is 5.36. The van der Waals surface area contributed by atoms with Gasteiger partial charge in [-0.2, -0.15) is 0 Å². The SMILES string of the molecule is CCCC1CN(CCC)c2ccc(CNC)cc21. The molecule has 0 amide bonds. The van der Waals surface area contributed by atoms with E-state index < -0.39 is 0 Å². The molecular weight excluding hydrogens is 220 g/mol. The Kier molecular flexibility index (Phi) is 4.65. The Morgan fingerprint density at radius 3 is 2.78 bits per heavy atom. The van der Waals surface area contributed by atoms with Crippen LogP contribution in [0.3, 0.4) is 0 Å². The van der Waals surface area contributed by atoms with Crippen molar-refractivity contribution < 1.29 is 0 Å². The third-order valence-electron chi connectivity index (χ3n) is 3.82. The fourth-order valence-corrected chi connectivity index (χ4v) is 3.07. The average molecular weight is 246 g/mol. The van der Waals surface area contributed by atoms with Crippen LogP contribution in [0.15, 0.2) is 18.2 Å². The molecule has 0 saturated heterocycles. The fraction of sp³-hybridized carbons (Fsp3) is 0.625. The highest BCUT2D eigenvalue weighted by Gasteiger charge is 2.27. The minimum absolute atomic E-state index is 0.744. The van der Waals surface area contributed by atoms with Crippen LogP contribution in [0.1, 0.15) is 50.2 Å². The largest absolute Gasteiger partial charge is 0.371 e. The fourth-order valence-electron chi connectivity index (χ4n) is 3.07. The van der Waals surface area contributed by atoms with E-state index in [9.17, 15) is 0 Å². The molecule has 0 aromatic heterocycles. The van der Waals surface area contributed by atoms with Crippen LogP contribution in [0, 0.1) is 0 Å². The number of hydrogen-bond acceptors (Lipinski definition) is 2. The van der Waals surface area contributed by atoms with Gasteiger partial charge in [-0.1, -0.05) is 32.4 Å². The van der Waals surface area contributed by atoms with E-state index in [0.717, 1.165) is 12.5 Å². The molecule has 1 aliphatic rings. The molecule has 2 nitrogen and oxygen atoms in total. The van der Waals surface area contributed by atoms with Crippen molar-refractivity contribution in [3.63, 3.8) is 0 Å². The quantitative estimate of drug-likeness (QED) is 0.826. The van der Waals surface area contributed by atoms with Crippen molar-refractivity contribution in [2.24, 2.45) is 0 Å². The van der Waals surface area contributed by atoms with Gasteiger partial charge >= 0.3 is 0 Å².